The van der Waals surface area contributed by atoms with Gasteiger partial charge in [0.25, 0.3) is 0 Å². The molecule has 0 spiro atoms. The van der Waals surface area contributed by atoms with Gasteiger partial charge >= 0.3 is 0 Å². The molecule has 0 saturated heterocycles. The molecule has 0 bridgehead atoms. The largest absolute Gasteiger partial charge is 0.496 e. The maximum atomic E-state index is 12.4. The Labute approximate surface area is 129 Å². The lowest BCUT2D eigenvalue weighted by Crippen LogP contribution is -2.08. The summed E-state index contributed by atoms with van der Waals surface area (Å²) in [5.74, 6) is 0.465. The van der Waals surface area contributed by atoms with Crippen LogP contribution in [-0.2, 0) is 6.42 Å². The fraction of sp³-hybridized carbons (Fsp3) is 0.375. The number of benzene rings is 1. The molecule has 21 heavy (non-hydrogen) atoms. The lowest BCUT2D eigenvalue weighted by atomic mass is 10.1. The van der Waals surface area contributed by atoms with Gasteiger partial charge in [-0.3, -0.25) is 9.48 Å². The Bertz CT molecular complexity index is 637. The predicted molar refractivity (Wildman–Crippen MR) is 83.3 cm³/mol. The van der Waals surface area contributed by atoms with Crippen molar-refractivity contribution in [3.05, 3.63) is 46.7 Å². The molecule has 0 saturated carbocycles. The van der Waals surface area contributed by atoms with Gasteiger partial charge in [0.2, 0.25) is 0 Å². The van der Waals surface area contributed by atoms with E-state index in [0.717, 1.165) is 12.1 Å². The molecule has 0 N–H and O–H groups in total. The predicted octanol–water partition coefficient (Wildman–Crippen LogP) is 3.94. The Morgan fingerprint density at radius 1 is 1.43 bits per heavy atom. The Kier molecular flexibility index (Phi) is 5.02. The number of carbonyl (C=O) groups is 1. The van der Waals surface area contributed by atoms with Crippen LogP contribution in [0.1, 0.15) is 42.4 Å². The van der Waals surface area contributed by atoms with E-state index in [1.165, 1.54) is 7.11 Å². The summed E-state index contributed by atoms with van der Waals surface area (Å²) in [6, 6.07) is 7.24. The van der Waals surface area contributed by atoms with Gasteiger partial charge in [-0.15, -0.1) is 0 Å². The standard InChI is InChI=1S/C16H19ClN2O2/c1-4-11(2)19-8-7-13(18-19)10-15(20)14-6-5-12(17)9-16(14)21-3/h5-9,11H,4,10H2,1-3H3. The summed E-state index contributed by atoms with van der Waals surface area (Å²) in [6.07, 6.45) is 3.16. The fourth-order valence-electron chi connectivity index (χ4n) is 2.06. The van der Waals surface area contributed by atoms with Crippen LogP contribution in [0.2, 0.25) is 5.02 Å². The zero-order chi connectivity index (χ0) is 15.4. The van der Waals surface area contributed by atoms with Crippen LogP contribution in [0.25, 0.3) is 0 Å². The molecule has 1 heterocycles. The van der Waals surface area contributed by atoms with E-state index < -0.39 is 0 Å². The van der Waals surface area contributed by atoms with Crippen molar-refractivity contribution >= 4 is 17.4 Å². The first-order valence-electron chi connectivity index (χ1n) is 6.96. The van der Waals surface area contributed by atoms with Gasteiger partial charge < -0.3 is 4.74 Å². The van der Waals surface area contributed by atoms with Crippen LogP contribution in [0.5, 0.6) is 5.75 Å². The molecule has 1 atom stereocenters. The first-order valence-corrected chi connectivity index (χ1v) is 7.33. The fourth-order valence-corrected chi connectivity index (χ4v) is 2.22. The molecule has 0 aliphatic heterocycles. The van der Waals surface area contributed by atoms with Crippen molar-refractivity contribution in [3.63, 3.8) is 0 Å². The van der Waals surface area contributed by atoms with Gasteiger partial charge in [0, 0.05) is 17.3 Å². The van der Waals surface area contributed by atoms with Crippen LogP contribution in [0.3, 0.4) is 0 Å². The van der Waals surface area contributed by atoms with E-state index in [4.69, 9.17) is 16.3 Å². The van der Waals surface area contributed by atoms with E-state index in [1.54, 1.807) is 18.2 Å². The van der Waals surface area contributed by atoms with Gasteiger partial charge in [0.15, 0.2) is 5.78 Å². The van der Waals surface area contributed by atoms with E-state index >= 15 is 0 Å². The molecule has 0 aliphatic rings. The molecule has 1 unspecified atom stereocenters. The van der Waals surface area contributed by atoms with Crippen molar-refractivity contribution < 1.29 is 9.53 Å². The summed E-state index contributed by atoms with van der Waals surface area (Å²) in [7, 11) is 1.53. The average molecular weight is 307 g/mol. The third-order valence-electron chi connectivity index (χ3n) is 3.51. The minimum absolute atomic E-state index is 0.0297. The summed E-state index contributed by atoms with van der Waals surface area (Å²) < 4.78 is 7.11. The summed E-state index contributed by atoms with van der Waals surface area (Å²) in [4.78, 5) is 12.4. The van der Waals surface area contributed by atoms with Crippen molar-refractivity contribution in [1.82, 2.24) is 9.78 Å². The van der Waals surface area contributed by atoms with Crippen LogP contribution >= 0.6 is 11.6 Å². The highest BCUT2D eigenvalue weighted by Crippen LogP contribution is 2.24. The second-order valence-corrected chi connectivity index (χ2v) is 5.43. The van der Waals surface area contributed by atoms with E-state index in [0.29, 0.717) is 22.4 Å². The van der Waals surface area contributed by atoms with Gasteiger partial charge in [0.05, 0.1) is 24.8 Å². The number of aromatic nitrogens is 2. The number of Topliss-reactive ketones (excluding diaryl/α,β-unsaturated/α-hetero) is 1. The number of halogens is 1. The van der Waals surface area contributed by atoms with Crippen molar-refractivity contribution in [2.75, 3.05) is 7.11 Å². The number of ether oxygens (including phenoxy) is 1. The molecular formula is C16H19ClN2O2. The zero-order valence-electron chi connectivity index (χ0n) is 12.5. The van der Waals surface area contributed by atoms with Crippen LogP contribution < -0.4 is 4.74 Å². The van der Waals surface area contributed by atoms with Crippen molar-refractivity contribution in [1.29, 1.82) is 0 Å². The summed E-state index contributed by atoms with van der Waals surface area (Å²) in [6.45, 7) is 4.20. The summed E-state index contributed by atoms with van der Waals surface area (Å²) >= 11 is 5.91. The van der Waals surface area contributed by atoms with Gasteiger partial charge in [-0.2, -0.15) is 5.10 Å². The highest BCUT2D eigenvalue weighted by Gasteiger charge is 2.15. The zero-order valence-corrected chi connectivity index (χ0v) is 13.2. The highest BCUT2D eigenvalue weighted by atomic mass is 35.5. The van der Waals surface area contributed by atoms with Crippen molar-refractivity contribution in [3.8, 4) is 5.75 Å². The van der Waals surface area contributed by atoms with Gasteiger partial charge in [-0.25, -0.2) is 0 Å². The van der Waals surface area contributed by atoms with E-state index in [2.05, 4.69) is 18.9 Å². The van der Waals surface area contributed by atoms with Crippen LogP contribution in [-0.4, -0.2) is 22.7 Å². The first-order chi connectivity index (χ1) is 10.0. The molecule has 1 aromatic carbocycles. The molecule has 0 amide bonds. The molecule has 0 radical (unpaired) electrons. The van der Waals surface area contributed by atoms with E-state index in [9.17, 15) is 4.79 Å². The summed E-state index contributed by atoms with van der Waals surface area (Å²) in [5.41, 5.74) is 1.29. The topological polar surface area (TPSA) is 44.1 Å². The second-order valence-electron chi connectivity index (χ2n) is 4.99. The maximum absolute atomic E-state index is 12.4. The van der Waals surface area contributed by atoms with Crippen molar-refractivity contribution in [2.24, 2.45) is 0 Å². The first kappa shape index (κ1) is 15.6. The smallest absolute Gasteiger partial charge is 0.172 e. The molecule has 5 heteroatoms. The van der Waals surface area contributed by atoms with Crippen LogP contribution in [0, 0.1) is 0 Å². The normalized spacial score (nSPS) is 12.2. The third kappa shape index (κ3) is 3.64. The van der Waals surface area contributed by atoms with E-state index in [-0.39, 0.29) is 12.2 Å². The lowest BCUT2D eigenvalue weighted by molar-refractivity contribution is 0.0988. The number of hydrogen-bond donors (Lipinski definition) is 0. The van der Waals surface area contributed by atoms with Crippen molar-refractivity contribution in [2.45, 2.75) is 32.7 Å². The monoisotopic (exact) mass is 306 g/mol. The van der Waals surface area contributed by atoms with Gasteiger partial charge in [-0.05, 0) is 37.6 Å². The Balaban J connectivity index is 2.16. The number of methoxy groups -OCH3 is 1. The van der Waals surface area contributed by atoms with Gasteiger partial charge in [-0.1, -0.05) is 18.5 Å². The van der Waals surface area contributed by atoms with Crippen LogP contribution in [0.4, 0.5) is 0 Å². The molecule has 4 nitrogen and oxygen atoms in total. The molecule has 0 fully saturated rings. The maximum Gasteiger partial charge on any atom is 0.172 e. The highest BCUT2D eigenvalue weighted by molar-refractivity contribution is 6.30. The number of nitrogens with zero attached hydrogens (tertiary/aromatic N) is 2. The van der Waals surface area contributed by atoms with Gasteiger partial charge in [0.1, 0.15) is 5.75 Å². The molecular weight excluding hydrogens is 288 g/mol. The Morgan fingerprint density at radius 3 is 2.86 bits per heavy atom. The van der Waals surface area contributed by atoms with E-state index in [1.807, 2.05) is 16.9 Å². The van der Waals surface area contributed by atoms with Crippen LogP contribution in [0.15, 0.2) is 30.5 Å². The molecule has 0 aliphatic carbocycles. The lowest BCUT2D eigenvalue weighted by Gasteiger charge is -2.09. The molecule has 1 aromatic heterocycles. The molecule has 112 valence electrons. The Morgan fingerprint density at radius 2 is 2.19 bits per heavy atom. The second kappa shape index (κ2) is 6.76. The Hall–Kier alpha value is -1.81. The quantitative estimate of drug-likeness (QED) is 0.759. The minimum Gasteiger partial charge on any atom is -0.496 e. The SMILES string of the molecule is CCC(C)n1ccc(CC(=O)c2ccc(Cl)cc2OC)n1. The minimum atomic E-state index is -0.0297. The number of rotatable bonds is 6. The third-order valence-corrected chi connectivity index (χ3v) is 3.75. The number of carbonyl (C=O) groups excluding carboxylic acids is 1. The molecule has 2 rings (SSSR count). The molecule has 2 aromatic rings. The average Bonchev–Trinajstić information content (AvgIpc) is 2.94. The summed E-state index contributed by atoms with van der Waals surface area (Å²) in [5, 5.41) is 4.99. The number of ketones is 1. The number of hydrogen-bond acceptors (Lipinski definition) is 3.